The van der Waals surface area contributed by atoms with E-state index in [1.54, 1.807) is 22.9 Å². The van der Waals surface area contributed by atoms with E-state index in [1.165, 1.54) is 14.2 Å². The van der Waals surface area contributed by atoms with Gasteiger partial charge in [-0.2, -0.15) is 0 Å². The molecule has 4 rings (SSSR count). The van der Waals surface area contributed by atoms with Crippen molar-refractivity contribution < 1.29 is 14.3 Å². The van der Waals surface area contributed by atoms with E-state index in [-0.39, 0.29) is 23.6 Å². The summed E-state index contributed by atoms with van der Waals surface area (Å²) in [5.41, 5.74) is 2.43. The third-order valence-corrected chi connectivity index (χ3v) is 7.00. The van der Waals surface area contributed by atoms with Crippen LogP contribution in [0.4, 0.5) is 0 Å². The summed E-state index contributed by atoms with van der Waals surface area (Å²) in [5, 5.41) is 4.88. The quantitative estimate of drug-likeness (QED) is 0.500. The monoisotopic (exact) mass is 468 g/mol. The second-order valence-electron chi connectivity index (χ2n) is 8.35. The molecule has 1 amide bonds. The first-order valence-electron chi connectivity index (χ1n) is 11.3. The first-order valence-corrected chi connectivity index (χ1v) is 11.7. The van der Waals surface area contributed by atoms with Crippen LogP contribution in [0, 0.1) is 0 Å². The lowest BCUT2D eigenvalue weighted by molar-refractivity contribution is 0.0937. The van der Waals surface area contributed by atoms with Gasteiger partial charge in [-0.3, -0.25) is 9.59 Å². The van der Waals surface area contributed by atoms with E-state index in [2.05, 4.69) is 5.32 Å². The molecule has 6 nitrogen and oxygen atoms in total. The predicted octanol–water partition coefficient (Wildman–Crippen LogP) is 5.45. The number of ether oxygens (including phenoxy) is 2. The number of halogens is 1. The number of methoxy groups -OCH3 is 2. The Morgan fingerprint density at radius 1 is 1.15 bits per heavy atom. The molecule has 1 N–H and O–H groups in total. The third-order valence-electron chi connectivity index (χ3n) is 6.65. The number of rotatable bonds is 7. The van der Waals surface area contributed by atoms with Crippen LogP contribution in [0.25, 0.3) is 10.8 Å². The van der Waals surface area contributed by atoms with Crippen molar-refractivity contribution in [2.45, 2.75) is 51.6 Å². The number of nitrogens with zero attached hydrogens (tertiary/aromatic N) is 1. The van der Waals surface area contributed by atoms with Crippen molar-refractivity contribution in [2.24, 2.45) is 0 Å². The number of hydrogen-bond acceptors (Lipinski definition) is 4. The fourth-order valence-electron chi connectivity index (χ4n) is 4.81. The molecule has 33 heavy (non-hydrogen) atoms. The number of nitrogens with one attached hydrogen (secondary N) is 1. The first kappa shape index (κ1) is 23.2. The van der Waals surface area contributed by atoms with Crippen molar-refractivity contribution in [2.75, 3.05) is 14.2 Å². The van der Waals surface area contributed by atoms with Crippen LogP contribution in [0.15, 0.2) is 41.3 Å². The third kappa shape index (κ3) is 4.08. The fourth-order valence-corrected chi connectivity index (χ4v) is 5.09. The largest absolute Gasteiger partial charge is 0.493 e. The zero-order valence-electron chi connectivity index (χ0n) is 19.4. The van der Waals surface area contributed by atoms with E-state index >= 15 is 0 Å². The van der Waals surface area contributed by atoms with E-state index in [4.69, 9.17) is 21.1 Å². The second kappa shape index (κ2) is 9.48. The number of pyridine rings is 1. The minimum Gasteiger partial charge on any atom is -0.493 e. The van der Waals surface area contributed by atoms with Crippen molar-refractivity contribution in [1.29, 1.82) is 0 Å². The Morgan fingerprint density at radius 2 is 1.82 bits per heavy atom. The van der Waals surface area contributed by atoms with Crippen LogP contribution < -0.4 is 20.3 Å². The van der Waals surface area contributed by atoms with Gasteiger partial charge in [0.25, 0.3) is 11.5 Å². The summed E-state index contributed by atoms with van der Waals surface area (Å²) < 4.78 is 12.6. The molecule has 1 unspecified atom stereocenters. The van der Waals surface area contributed by atoms with Crippen LogP contribution in [0.5, 0.6) is 11.5 Å². The summed E-state index contributed by atoms with van der Waals surface area (Å²) in [7, 11) is 3.07. The number of benzene rings is 2. The highest BCUT2D eigenvalue weighted by molar-refractivity contribution is 6.31. The van der Waals surface area contributed by atoms with Gasteiger partial charge < -0.3 is 19.4 Å². The lowest BCUT2D eigenvalue weighted by Gasteiger charge is -2.21. The van der Waals surface area contributed by atoms with Crippen LogP contribution in [-0.2, 0) is 6.42 Å². The topological polar surface area (TPSA) is 69.6 Å². The molecule has 0 saturated carbocycles. The lowest BCUT2D eigenvalue weighted by Crippen LogP contribution is -2.31. The van der Waals surface area contributed by atoms with Gasteiger partial charge >= 0.3 is 0 Å². The highest BCUT2D eigenvalue weighted by Crippen LogP contribution is 2.37. The molecule has 1 aromatic heterocycles. The highest BCUT2D eigenvalue weighted by atomic mass is 35.5. The SMILES string of the molecule is CCC(CC)n1cc(C(=O)NC2CCc3c(Cl)cccc32)c2cc(OC)c(OC)cc2c1=O. The predicted molar refractivity (Wildman–Crippen MR) is 131 cm³/mol. The Hall–Kier alpha value is -2.99. The maximum atomic E-state index is 13.6. The van der Waals surface area contributed by atoms with Crippen molar-refractivity contribution in [3.05, 3.63) is 68.6 Å². The second-order valence-corrected chi connectivity index (χ2v) is 8.76. The van der Waals surface area contributed by atoms with Gasteiger partial charge in [0.15, 0.2) is 11.5 Å². The normalized spacial score (nSPS) is 15.0. The maximum Gasteiger partial charge on any atom is 0.258 e. The molecule has 1 aliphatic rings. The van der Waals surface area contributed by atoms with E-state index in [0.717, 1.165) is 41.8 Å². The highest BCUT2D eigenvalue weighted by Gasteiger charge is 2.27. The van der Waals surface area contributed by atoms with Gasteiger partial charge in [-0.1, -0.05) is 37.6 Å². The zero-order valence-corrected chi connectivity index (χ0v) is 20.2. The molecule has 0 radical (unpaired) electrons. The number of hydrogen-bond donors (Lipinski definition) is 1. The molecule has 3 aromatic rings. The van der Waals surface area contributed by atoms with Crippen molar-refractivity contribution >= 4 is 28.3 Å². The van der Waals surface area contributed by atoms with Gasteiger partial charge in [0.1, 0.15) is 0 Å². The summed E-state index contributed by atoms with van der Waals surface area (Å²) in [6.45, 7) is 4.08. The van der Waals surface area contributed by atoms with Gasteiger partial charge in [-0.25, -0.2) is 0 Å². The maximum absolute atomic E-state index is 13.6. The Kier molecular flexibility index (Phi) is 6.66. The van der Waals surface area contributed by atoms with E-state index in [9.17, 15) is 9.59 Å². The van der Waals surface area contributed by atoms with Crippen molar-refractivity contribution in [3.8, 4) is 11.5 Å². The molecule has 0 aliphatic heterocycles. The average Bonchev–Trinajstić information content (AvgIpc) is 3.24. The van der Waals surface area contributed by atoms with Gasteiger partial charge in [-0.15, -0.1) is 0 Å². The minimum absolute atomic E-state index is 0.00689. The smallest absolute Gasteiger partial charge is 0.258 e. The first-order chi connectivity index (χ1) is 15.9. The molecule has 1 atom stereocenters. The summed E-state index contributed by atoms with van der Waals surface area (Å²) in [5.74, 6) is 0.691. The molecule has 0 saturated heterocycles. The molecular weight excluding hydrogens is 440 g/mol. The van der Waals surface area contributed by atoms with Gasteiger partial charge in [0.2, 0.25) is 0 Å². The molecule has 1 heterocycles. The molecule has 0 fully saturated rings. The molecule has 0 bridgehead atoms. The Bertz CT molecular complexity index is 1260. The minimum atomic E-state index is -0.232. The van der Waals surface area contributed by atoms with Gasteiger partial charge in [0.05, 0.1) is 31.2 Å². The molecular formula is C26H29ClN2O4. The molecule has 1 aliphatic carbocycles. The Morgan fingerprint density at radius 3 is 2.45 bits per heavy atom. The summed E-state index contributed by atoms with van der Waals surface area (Å²) >= 11 is 6.36. The molecule has 7 heteroatoms. The Balaban J connectivity index is 1.85. The molecule has 2 aromatic carbocycles. The van der Waals surface area contributed by atoms with E-state index in [0.29, 0.717) is 27.8 Å². The average molecular weight is 469 g/mol. The van der Waals surface area contributed by atoms with E-state index < -0.39 is 0 Å². The Labute approximate surface area is 198 Å². The standard InChI is InChI=1S/C26H29ClN2O4/c1-5-15(6-2)29-14-20(18-12-23(32-3)24(33-4)13-19(18)26(29)31)25(30)28-22-11-10-16-17(22)8-7-9-21(16)27/h7-9,12-15,22H,5-6,10-11H2,1-4H3,(H,28,30). The van der Waals surface area contributed by atoms with E-state index in [1.807, 2.05) is 32.0 Å². The van der Waals surface area contributed by atoms with Crippen LogP contribution in [0.3, 0.4) is 0 Å². The van der Waals surface area contributed by atoms with Crippen molar-refractivity contribution in [3.63, 3.8) is 0 Å². The summed E-state index contributed by atoms with van der Waals surface area (Å²) in [6.07, 6.45) is 4.86. The number of fused-ring (bicyclic) bond motifs is 2. The lowest BCUT2D eigenvalue weighted by atomic mass is 10.0. The zero-order chi connectivity index (χ0) is 23.7. The number of carbonyl (C=O) groups excluding carboxylic acids is 1. The van der Waals surface area contributed by atoms with Crippen LogP contribution in [0.2, 0.25) is 5.02 Å². The van der Waals surface area contributed by atoms with Crippen molar-refractivity contribution in [1.82, 2.24) is 9.88 Å². The van der Waals surface area contributed by atoms with Gasteiger partial charge in [-0.05, 0) is 55.0 Å². The summed E-state index contributed by atoms with van der Waals surface area (Å²) in [4.78, 5) is 27.0. The molecule has 174 valence electrons. The van der Waals surface area contributed by atoms with Crippen LogP contribution >= 0.6 is 11.6 Å². The molecule has 0 spiro atoms. The fraction of sp³-hybridized carbons (Fsp3) is 0.385. The number of amides is 1. The van der Waals surface area contributed by atoms with Crippen LogP contribution in [0.1, 0.15) is 66.7 Å². The van der Waals surface area contributed by atoms with Crippen LogP contribution in [-0.4, -0.2) is 24.7 Å². The number of carbonyl (C=O) groups is 1. The summed E-state index contributed by atoms with van der Waals surface area (Å²) in [6, 6.07) is 9.03. The number of aromatic nitrogens is 1. The van der Waals surface area contributed by atoms with Gasteiger partial charge in [0, 0.05) is 22.6 Å².